The summed E-state index contributed by atoms with van der Waals surface area (Å²) in [6.45, 7) is 3.95. The molecule has 0 aromatic rings. The molecule has 192 valence electrons. The van der Waals surface area contributed by atoms with Gasteiger partial charge in [0.25, 0.3) is 8.32 Å². The smallest absolute Gasteiger partial charge is 0.266 e. The van der Waals surface area contributed by atoms with E-state index in [0.717, 1.165) is 0 Å². The van der Waals surface area contributed by atoms with Gasteiger partial charge in [-0.05, 0) is 108 Å². The van der Waals surface area contributed by atoms with E-state index in [1.807, 2.05) is 13.1 Å². The Morgan fingerprint density at radius 1 is 0.289 bits per heavy atom. The molecule has 0 aliphatic heterocycles. The molecule has 0 N–H and O–H groups in total. The fourth-order valence-electron chi connectivity index (χ4n) is 1.36. The fraction of sp³-hybridized carbons (Fsp3) is 0.0698. The van der Waals surface area contributed by atoms with E-state index in [-0.39, 0.29) is 0 Å². The molecular weight excluding hydrogens is 561 g/mol. The number of rotatable bonds is 1. The van der Waals surface area contributed by atoms with Crippen molar-refractivity contribution in [3.63, 3.8) is 0 Å². The highest BCUT2D eigenvalue weighted by atomic mass is 28.4. The summed E-state index contributed by atoms with van der Waals surface area (Å²) in [6, 6.07) is 0. The average Bonchev–Trinajstić information content (AvgIpc) is 3.04. The maximum absolute atomic E-state index is 5.28. The van der Waals surface area contributed by atoms with E-state index in [2.05, 4.69) is 231 Å². The van der Waals surface area contributed by atoms with Crippen molar-refractivity contribution in [2.75, 3.05) is 7.11 Å². The van der Waals surface area contributed by atoms with E-state index in [0.29, 0.717) is 0 Å². The number of terminal acetylenes is 1. The molecule has 0 aliphatic carbocycles. The average molecular weight is 571 g/mol. The minimum Gasteiger partial charge on any atom is -0.409 e. The van der Waals surface area contributed by atoms with Crippen molar-refractivity contribution in [1.29, 1.82) is 0 Å². The molecule has 0 aromatic heterocycles. The molecule has 0 heterocycles. The third kappa shape index (κ3) is 31.5. The Kier molecular flexibility index (Phi) is 24.2. The summed E-state index contributed by atoms with van der Waals surface area (Å²) in [5, 5.41) is 0. The molecule has 0 unspecified atom stereocenters. The fourth-order valence-corrected chi connectivity index (χ4v) is 1.83. The zero-order valence-corrected chi connectivity index (χ0v) is 25.0. The van der Waals surface area contributed by atoms with Gasteiger partial charge >= 0.3 is 0 Å². The summed E-state index contributed by atoms with van der Waals surface area (Å²) in [5.74, 6) is 94.8. The van der Waals surface area contributed by atoms with Crippen LogP contribution in [0, 0.1) is 237 Å². The third-order valence-electron chi connectivity index (χ3n) is 3.20. The van der Waals surface area contributed by atoms with Crippen molar-refractivity contribution in [2.45, 2.75) is 13.1 Å². The highest BCUT2D eigenvalue weighted by Gasteiger charge is 2.15. The van der Waals surface area contributed by atoms with Crippen LogP contribution in [0.15, 0.2) is 0 Å². The van der Waals surface area contributed by atoms with Crippen LogP contribution < -0.4 is 0 Å². The first-order valence-electron chi connectivity index (χ1n) is 11.7. The van der Waals surface area contributed by atoms with E-state index < -0.39 is 8.32 Å². The highest BCUT2D eigenvalue weighted by Crippen LogP contribution is 1.97. The van der Waals surface area contributed by atoms with Gasteiger partial charge in [-0.25, -0.2) is 0 Å². The summed E-state index contributed by atoms with van der Waals surface area (Å²) in [6.07, 6.45) is 4.94. The maximum atomic E-state index is 5.28. The van der Waals surface area contributed by atoms with Crippen LogP contribution in [0.4, 0.5) is 0 Å². The molecule has 0 saturated heterocycles. The molecule has 0 spiro atoms. The molecular formula is C43H10OSi. The van der Waals surface area contributed by atoms with Gasteiger partial charge in [0.1, 0.15) is 0 Å². The van der Waals surface area contributed by atoms with Crippen molar-refractivity contribution in [2.24, 2.45) is 0 Å². The molecule has 0 bridgehead atoms. The number of hydrogen-bond donors (Lipinski definition) is 0. The van der Waals surface area contributed by atoms with Crippen LogP contribution in [-0.4, -0.2) is 15.4 Å². The van der Waals surface area contributed by atoms with Crippen LogP contribution in [0.5, 0.6) is 0 Å². The van der Waals surface area contributed by atoms with Crippen molar-refractivity contribution < 1.29 is 4.43 Å². The Bertz CT molecular complexity index is 2500. The Hall–Kier alpha value is -8.62. The zero-order chi connectivity index (χ0) is 32.8. The van der Waals surface area contributed by atoms with E-state index in [1.54, 1.807) is 7.11 Å². The van der Waals surface area contributed by atoms with Gasteiger partial charge in [0.15, 0.2) is 0 Å². The van der Waals surface area contributed by atoms with Gasteiger partial charge in [-0.3, -0.25) is 0 Å². The molecule has 2 heteroatoms. The summed E-state index contributed by atoms with van der Waals surface area (Å²) in [7, 11) is -0.288. The molecule has 0 radical (unpaired) electrons. The molecule has 0 atom stereocenters. The van der Waals surface area contributed by atoms with Crippen LogP contribution in [0.3, 0.4) is 0 Å². The predicted molar refractivity (Wildman–Crippen MR) is 181 cm³/mol. The molecule has 0 fully saturated rings. The standard InChI is InChI=1S/C43H10OSi/c1-5-6-7-8-9-10-11-12-13-14-15-16-17-18-19-20-21-22-23-24-25-26-27-28-29-30-31-32-33-34-35-36-37-38-39-40-41-42-43-45(3,4)44-2/h1H,2-4H3. The van der Waals surface area contributed by atoms with Crippen molar-refractivity contribution in [1.82, 2.24) is 0 Å². The van der Waals surface area contributed by atoms with Crippen molar-refractivity contribution in [3.05, 3.63) is 0 Å². The summed E-state index contributed by atoms with van der Waals surface area (Å²) in [5.41, 5.74) is 2.98. The number of hydrogen-bond acceptors (Lipinski definition) is 1. The van der Waals surface area contributed by atoms with Crippen molar-refractivity contribution >= 4 is 8.32 Å². The molecule has 0 aliphatic rings. The minimum absolute atomic E-state index is 1.64. The Balaban J connectivity index is 4.56. The lowest BCUT2D eigenvalue weighted by atomic mass is 10.4. The first-order chi connectivity index (χ1) is 22.1. The predicted octanol–water partition coefficient (Wildman–Crippen LogP) is 1.07. The molecule has 45 heavy (non-hydrogen) atoms. The molecule has 0 aromatic carbocycles. The molecule has 0 amide bonds. The Labute approximate surface area is 269 Å². The van der Waals surface area contributed by atoms with Crippen LogP contribution in [-0.2, 0) is 4.43 Å². The summed E-state index contributed by atoms with van der Waals surface area (Å²) < 4.78 is 5.28. The van der Waals surface area contributed by atoms with Gasteiger partial charge in [-0.15, -0.1) is 6.42 Å². The maximum Gasteiger partial charge on any atom is 0.266 e. The second-order valence-corrected chi connectivity index (χ2v) is 10.3. The molecule has 0 saturated carbocycles. The normalized spacial score (nSPS) is 5.02. The minimum atomic E-state index is -1.93. The van der Waals surface area contributed by atoms with Gasteiger partial charge in [-0.1, -0.05) is 5.54 Å². The van der Waals surface area contributed by atoms with Gasteiger partial charge < -0.3 is 4.43 Å². The largest absolute Gasteiger partial charge is 0.409 e. The Morgan fingerprint density at radius 3 is 0.600 bits per heavy atom. The topological polar surface area (TPSA) is 9.23 Å². The zero-order valence-electron chi connectivity index (χ0n) is 24.0. The van der Waals surface area contributed by atoms with Gasteiger partial charge in [0.05, 0.1) is 0 Å². The van der Waals surface area contributed by atoms with E-state index in [1.165, 1.54) is 0 Å². The lowest BCUT2D eigenvalue weighted by Crippen LogP contribution is -2.26. The van der Waals surface area contributed by atoms with Gasteiger partial charge in [-0.2, -0.15) is 0 Å². The first-order valence-corrected chi connectivity index (χ1v) is 14.6. The van der Waals surface area contributed by atoms with Crippen LogP contribution in [0.25, 0.3) is 0 Å². The van der Waals surface area contributed by atoms with Crippen molar-refractivity contribution in [3.8, 4) is 237 Å². The quantitative estimate of drug-likeness (QED) is 0.339. The third-order valence-corrected chi connectivity index (χ3v) is 4.94. The first kappa shape index (κ1) is 36.4. The van der Waals surface area contributed by atoms with Crippen LogP contribution in [0.2, 0.25) is 13.1 Å². The lowest BCUT2D eigenvalue weighted by Gasteiger charge is -2.09. The Morgan fingerprint density at radius 2 is 0.444 bits per heavy atom. The lowest BCUT2D eigenvalue weighted by molar-refractivity contribution is 0.417. The van der Waals surface area contributed by atoms with E-state index >= 15 is 0 Å². The summed E-state index contributed by atoms with van der Waals surface area (Å²) in [4.78, 5) is 0. The van der Waals surface area contributed by atoms with E-state index in [9.17, 15) is 0 Å². The van der Waals surface area contributed by atoms with Crippen LogP contribution >= 0.6 is 0 Å². The highest BCUT2D eigenvalue weighted by molar-refractivity contribution is 6.79. The summed E-state index contributed by atoms with van der Waals surface area (Å²) >= 11 is 0. The SMILES string of the molecule is C#CC#CC#CC#CC#CC#CC#CC#CC#CC#CC#CC#CC#CC#CC#CC#CC#CC#CC#CC#C[Si](C)(C)OC. The van der Waals surface area contributed by atoms with Gasteiger partial charge in [0, 0.05) is 137 Å². The monoisotopic (exact) mass is 570 g/mol. The van der Waals surface area contributed by atoms with Gasteiger partial charge in [0.2, 0.25) is 0 Å². The van der Waals surface area contributed by atoms with E-state index in [4.69, 9.17) is 10.8 Å². The molecule has 0 rings (SSSR count). The molecule has 1 nitrogen and oxygen atoms in total. The second kappa shape index (κ2) is 29.9. The second-order valence-electron chi connectivity index (χ2n) is 6.61. The van der Waals surface area contributed by atoms with Crippen LogP contribution in [0.1, 0.15) is 0 Å².